The Morgan fingerprint density at radius 1 is 0.846 bits per heavy atom. The van der Waals surface area contributed by atoms with Crippen molar-refractivity contribution < 1.29 is 28.8 Å². The Labute approximate surface area is 219 Å². The van der Waals surface area contributed by atoms with Crippen LogP contribution in [0.5, 0.6) is 0 Å². The number of fused-ring (bicyclic) bond motifs is 1. The lowest BCUT2D eigenvalue weighted by atomic mass is 9.92. The summed E-state index contributed by atoms with van der Waals surface area (Å²) in [7, 11) is 0. The molecule has 4 aromatic carbocycles. The highest BCUT2D eigenvalue weighted by Gasteiger charge is 2.35. The maximum atomic E-state index is 13.3. The third-order valence-corrected chi connectivity index (χ3v) is 6.67. The van der Waals surface area contributed by atoms with E-state index in [1.54, 1.807) is 18.3 Å². The van der Waals surface area contributed by atoms with E-state index in [9.17, 15) is 29.3 Å². The van der Waals surface area contributed by atoms with E-state index in [1.165, 1.54) is 54.6 Å². The molecule has 0 saturated heterocycles. The van der Waals surface area contributed by atoms with Crippen LogP contribution in [0.15, 0.2) is 85.1 Å². The molecule has 39 heavy (non-hydrogen) atoms. The highest BCUT2D eigenvalue weighted by Crippen LogP contribution is 2.37. The molecule has 2 amide bonds. The number of amides is 2. The van der Waals surface area contributed by atoms with Crippen LogP contribution in [-0.2, 0) is 4.74 Å². The van der Waals surface area contributed by atoms with Crippen molar-refractivity contribution in [2.45, 2.75) is 0 Å². The third-order valence-electron chi connectivity index (χ3n) is 6.67. The highest BCUT2D eigenvalue weighted by molar-refractivity contribution is 6.36. The number of nitrogens with zero attached hydrogens (tertiary/aromatic N) is 2. The quantitative estimate of drug-likeness (QED) is 0.109. The smallest absolute Gasteiger partial charge is 0.338 e. The number of Topliss-reactive ketones (excluding diaryl/α,β-unsaturated/α-hetero) is 1. The van der Waals surface area contributed by atoms with Crippen molar-refractivity contribution in [2.24, 2.45) is 0 Å². The molecule has 0 bridgehead atoms. The Bertz CT molecular complexity index is 1850. The van der Waals surface area contributed by atoms with Gasteiger partial charge in [0, 0.05) is 45.2 Å². The number of benzene rings is 4. The molecular weight excluding hydrogens is 502 g/mol. The lowest BCUT2D eigenvalue weighted by Gasteiger charge is -2.27. The second kappa shape index (κ2) is 9.03. The number of nitrogens with one attached hydrogen (secondary N) is 1. The Balaban J connectivity index is 1.22. The number of nitro groups is 1. The molecule has 5 aromatic rings. The number of rotatable bonds is 6. The summed E-state index contributed by atoms with van der Waals surface area (Å²) in [6.07, 6.45) is 1.57. The Kier molecular flexibility index (Phi) is 5.50. The minimum absolute atomic E-state index is 0.125. The number of imide groups is 1. The monoisotopic (exact) mass is 519 g/mol. The average Bonchev–Trinajstić information content (AvgIpc) is 3.39. The number of non-ortho nitro benzene ring substituents is 1. The summed E-state index contributed by atoms with van der Waals surface area (Å²) in [5.41, 5.74) is 1.65. The fourth-order valence-corrected chi connectivity index (χ4v) is 4.82. The average molecular weight is 519 g/mol. The molecule has 1 aliphatic rings. The SMILES string of the molecule is O=C(OCC(=O)c1c[nH]c2ccccc12)c1ccc(N2C(=O)c3cccc4c([N+](=O)[O-])ccc(c34)C2=O)cc1. The number of hydrogen-bond donors (Lipinski definition) is 1. The van der Waals surface area contributed by atoms with E-state index < -0.39 is 29.3 Å². The van der Waals surface area contributed by atoms with Crippen molar-refractivity contribution in [3.8, 4) is 0 Å². The van der Waals surface area contributed by atoms with Gasteiger partial charge in [-0.15, -0.1) is 0 Å². The van der Waals surface area contributed by atoms with Gasteiger partial charge in [0.1, 0.15) is 0 Å². The van der Waals surface area contributed by atoms with Crippen molar-refractivity contribution in [1.29, 1.82) is 0 Å². The lowest BCUT2D eigenvalue weighted by Crippen LogP contribution is -2.40. The molecule has 6 rings (SSSR count). The molecule has 2 heterocycles. The molecule has 1 N–H and O–H groups in total. The molecule has 0 unspecified atom stereocenters. The first-order chi connectivity index (χ1) is 18.8. The van der Waals surface area contributed by atoms with Gasteiger partial charge < -0.3 is 9.72 Å². The zero-order chi connectivity index (χ0) is 27.3. The van der Waals surface area contributed by atoms with Gasteiger partial charge in [0.25, 0.3) is 17.5 Å². The van der Waals surface area contributed by atoms with E-state index in [0.717, 1.165) is 15.8 Å². The molecule has 0 atom stereocenters. The first-order valence-corrected chi connectivity index (χ1v) is 11.8. The van der Waals surface area contributed by atoms with Crippen LogP contribution in [0.2, 0.25) is 0 Å². The molecule has 1 aliphatic heterocycles. The molecule has 0 aliphatic carbocycles. The van der Waals surface area contributed by atoms with Crippen LogP contribution >= 0.6 is 0 Å². The lowest BCUT2D eigenvalue weighted by molar-refractivity contribution is -0.383. The number of carbonyl (C=O) groups excluding carboxylic acids is 4. The minimum atomic E-state index is -0.742. The number of ether oxygens (including phenoxy) is 1. The van der Waals surface area contributed by atoms with Crippen LogP contribution in [0.25, 0.3) is 21.7 Å². The van der Waals surface area contributed by atoms with Gasteiger partial charge in [0.15, 0.2) is 6.61 Å². The summed E-state index contributed by atoms with van der Waals surface area (Å²) < 4.78 is 5.20. The zero-order valence-corrected chi connectivity index (χ0v) is 20.0. The predicted octanol–water partition coefficient (Wildman–Crippen LogP) is 5.07. The van der Waals surface area contributed by atoms with Crippen LogP contribution in [0.3, 0.4) is 0 Å². The summed E-state index contributed by atoms with van der Waals surface area (Å²) in [4.78, 5) is 66.6. The standard InChI is InChI=1S/C29H17N3O7/c33-25(22-14-30-23-7-2-1-4-18(22)23)15-39-29(36)16-8-10-17(11-9-16)31-27(34)20-6-3-5-19-24(32(37)38)13-12-21(26(19)20)28(31)35/h1-14,30H,15H2. The van der Waals surface area contributed by atoms with Crippen LogP contribution in [0.1, 0.15) is 41.4 Å². The van der Waals surface area contributed by atoms with E-state index in [2.05, 4.69) is 4.98 Å². The molecule has 0 radical (unpaired) electrons. The number of carbonyl (C=O) groups is 4. The Morgan fingerprint density at radius 2 is 1.54 bits per heavy atom. The van der Waals surface area contributed by atoms with Crippen LogP contribution in [0, 0.1) is 10.1 Å². The maximum Gasteiger partial charge on any atom is 0.338 e. The minimum Gasteiger partial charge on any atom is -0.454 e. The molecule has 0 fully saturated rings. The van der Waals surface area contributed by atoms with Gasteiger partial charge in [-0.3, -0.25) is 24.5 Å². The fraction of sp³-hybridized carbons (Fsp3) is 0.0345. The number of ketones is 1. The van der Waals surface area contributed by atoms with Crippen LogP contribution in [0.4, 0.5) is 11.4 Å². The van der Waals surface area contributed by atoms with E-state index in [4.69, 9.17) is 4.74 Å². The number of nitro benzene ring substituents is 1. The summed E-state index contributed by atoms with van der Waals surface area (Å²) >= 11 is 0. The summed E-state index contributed by atoms with van der Waals surface area (Å²) in [5, 5.41) is 12.6. The third kappa shape index (κ3) is 3.82. The van der Waals surface area contributed by atoms with Gasteiger partial charge in [-0.1, -0.05) is 24.3 Å². The van der Waals surface area contributed by atoms with Crippen molar-refractivity contribution in [1.82, 2.24) is 4.98 Å². The van der Waals surface area contributed by atoms with Crippen LogP contribution < -0.4 is 4.90 Å². The number of hydrogen-bond acceptors (Lipinski definition) is 7. The molecule has 0 spiro atoms. The molecule has 1 aromatic heterocycles. The van der Waals surface area contributed by atoms with Crippen molar-refractivity contribution in [2.75, 3.05) is 11.5 Å². The Hall–Kier alpha value is -5.64. The Morgan fingerprint density at radius 3 is 2.28 bits per heavy atom. The summed E-state index contributed by atoms with van der Waals surface area (Å²) in [6.45, 7) is -0.460. The number of esters is 1. The summed E-state index contributed by atoms with van der Waals surface area (Å²) in [6, 6.07) is 20.0. The predicted molar refractivity (Wildman–Crippen MR) is 141 cm³/mol. The first-order valence-electron chi connectivity index (χ1n) is 11.8. The van der Waals surface area contributed by atoms with Crippen molar-refractivity contribution >= 4 is 56.6 Å². The molecule has 10 nitrogen and oxygen atoms in total. The second-order valence-corrected chi connectivity index (χ2v) is 8.86. The first kappa shape index (κ1) is 23.7. The number of para-hydroxylation sites is 1. The summed E-state index contributed by atoms with van der Waals surface area (Å²) in [5.74, 6) is -2.39. The van der Waals surface area contributed by atoms with E-state index in [1.807, 2.05) is 12.1 Å². The fourth-order valence-electron chi connectivity index (χ4n) is 4.82. The molecular formula is C29H17N3O7. The van der Waals surface area contributed by atoms with Gasteiger partial charge >= 0.3 is 5.97 Å². The molecule has 0 saturated carbocycles. The van der Waals surface area contributed by atoms with Gasteiger partial charge in [-0.05, 0) is 48.5 Å². The van der Waals surface area contributed by atoms with Gasteiger partial charge in [-0.2, -0.15) is 0 Å². The van der Waals surface area contributed by atoms with E-state index >= 15 is 0 Å². The van der Waals surface area contributed by atoms with Gasteiger partial charge in [0.05, 0.1) is 21.6 Å². The molecule has 10 heteroatoms. The number of aromatic nitrogens is 1. The van der Waals surface area contributed by atoms with Gasteiger partial charge in [0.2, 0.25) is 5.78 Å². The van der Waals surface area contributed by atoms with Crippen molar-refractivity contribution in [3.63, 3.8) is 0 Å². The van der Waals surface area contributed by atoms with Crippen molar-refractivity contribution in [3.05, 3.63) is 117 Å². The van der Waals surface area contributed by atoms with Gasteiger partial charge in [-0.25, -0.2) is 9.69 Å². The second-order valence-electron chi connectivity index (χ2n) is 8.86. The van der Waals surface area contributed by atoms with Crippen LogP contribution in [-0.4, -0.2) is 40.1 Å². The number of H-pyrrole nitrogens is 1. The number of aromatic amines is 1. The largest absolute Gasteiger partial charge is 0.454 e. The number of anilines is 1. The van der Waals surface area contributed by atoms with E-state index in [-0.39, 0.29) is 44.6 Å². The molecule has 190 valence electrons. The normalized spacial score (nSPS) is 12.7. The highest BCUT2D eigenvalue weighted by atomic mass is 16.6. The zero-order valence-electron chi connectivity index (χ0n) is 20.0. The topological polar surface area (TPSA) is 140 Å². The maximum absolute atomic E-state index is 13.3. The van der Waals surface area contributed by atoms with E-state index in [0.29, 0.717) is 5.56 Å².